The Morgan fingerprint density at radius 3 is 2.57 bits per heavy atom. The standard InChI is InChI=1S/C34H35F2N7O4/c1-41-29-26(10-20(12-28(29)47-2)34(46)42-15-21(35)13-22(37)16-42)40-33(41)27-11-19-6-8-25(39-32(19)43(27)14-17-3-4-17)18-5-7-23(24(36)9-18)30(44)31(38)45/h5-12,17,21-22,30,44H,3-4,13-16,37H2,1-2H3,(H2,38,45)/t21-,22-,30?/m1/s1. The number of benzene rings is 2. The Labute approximate surface area is 268 Å². The molecule has 4 heterocycles. The largest absolute Gasteiger partial charge is 0.494 e. The summed E-state index contributed by atoms with van der Waals surface area (Å²) in [5, 5.41) is 10.8. The fourth-order valence-corrected chi connectivity index (χ4v) is 6.52. The van der Waals surface area contributed by atoms with Crippen LogP contribution in [0.15, 0.2) is 48.5 Å². The van der Waals surface area contributed by atoms with E-state index >= 15 is 0 Å². The molecule has 0 radical (unpaired) electrons. The quantitative estimate of drug-likeness (QED) is 0.232. The molecule has 2 fully saturated rings. The van der Waals surface area contributed by atoms with Gasteiger partial charge in [0.2, 0.25) is 0 Å². The number of alkyl halides is 1. The maximum atomic E-state index is 14.9. The lowest BCUT2D eigenvalue weighted by molar-refractivity contribution is -0.126. The number of rotatable bonds is 8. The van der Waals surface area contributed by atoms with Crippen molar-refractivity contribution in [2.45, 2.75) is 44.1 Å². The monoisotopic (exact) mass is 643 g/mol. The Hall–Kier alpha value is -4.88. The number of pyridine rings is 1. The molecule has 2 aliphatic rings. The van der Waals surface area contributed by atoms with Crippen LogP contribution in [0.3, 0.4) is 0 Å². The second-order valence-corrected chi connectivity index (χ2v) is 12.6. The van der Waals surface area contributed by atoms with Gasteiger partial charge in [0.25, 0.3) is 11.8 Å². The summed E-state index contributed by atoms with van der Waals surface area (Å²) in [6.07, 6.45) is -0.509. The summed E-state index contributed by atoms with van der Waals surface area (Å²) < 4.78 is 38.9. The fourth-order valence-electron chi connectivity index (χ4n) is 6.52. The van der Waals surface area contributed by atoms with Crippen LogP contribution in [0.2, 0.25) is 0 Å². The van der Waals surface area contributed by atoms with E-state index in [1.165, 1.54) is 24.1 Å². The van der Waals surface area contributed by atoms with Gasteiger partial charge in [0.05, 0.1) is 30.6 Å². The highest BCUT2D eigenvalue weighted by molar-refractivity contribution is 6.00. The number of primary amides is 1. The van der Waals surface area contributed by atoms with Gasteiger partial charge in [0.15, 0.2) is 11.9 Å². The summed E-state index contributed by atoms with van der Waals surface area (Å²) >= 11 is 0. The van der Waals surface area contributed by atoms with Crippen molar-refractivity contribution in [1.82, 2.24) is 24.0 Å². The molecule has 244 valence electrons. The molecule has 0 spiro atoms. The van der Waals surface area contributed by atoms with E-state index in [0.29, 0.717) is 57.5 Å². The maximum Gasteiger partial charge on any atom is 0.254 e. The number of piperidine rings is 1. The van der Waals surface area contributed by atoms with Crippen molar-refractivity contribution in [3.63, 3.8) is 0 Å². The van der Waals surface area contributed by atoms with Crippen molar-refractivity contribution in [3.05, 3.63) is 65.5 Å². The van der Waals surface area contributed by atoms with Gasteiger partial charge in [-0.1, -0.05) is 12.1 Å². The van der Waals surface area contributed by atoms with Gasteiger partial charge in [-0.05, 0) is 61.6 Å². The first kappa shape index (κ1) is 30.8. The molecule has 3 atom stereocenters. The second-order valence-electron chi connectivity index (χ2n) is 12.6. The minimum atomic E-state index is -1.75. The summed E-state index contributed by atoms with van der Waals surface area (Å²) in [6, 6.07) is 12.8. The number of ether oxygens (including phenoxy) is 1. The SMILES string of the molecule is COc1cc(C(=O)N2C[C@H](N)C[C@@H](F)C2)cc2nc(-c3cc4ccc(-c5ccc(C(O)C(N)=O)c(F)c5)nc4n3CC3CC3)n(C)c12. The molecule has 1 saturated carbocycles. The van der Waals surface area contributed by atoms with E-state index in [0.717, 1.165) is 23.9 Å². The lowest BCUT2D eigenvalue weighted by Gasteiger charge is -2.33. The number of aromatic nitrogens is 4. The molecule has 1 unspecified atom stereocenters. The van der Waals surface area contributed by atoms with E-state index in [-0.39, 0.29) is 31.0 Å². The Bertz CT molecular complexity index is 2040. The highest BCUT2D eigenvalue weighted by Gasteiger charge is 2.31. The first-order valence-corrected chi connectivity index (χ1v) is 15.5. The van der Waals surface area contributed by atoms with Crippen molar-refractivity contribution in [2.24, 2.45) is 24.4 Å². The van der Waals surface area contributed by atoms with Crippen LogP contribution in [0.5, 0.6) is 5.75 Å². The molecule has 2 aromatic carbocycles. The predicted octanol–water partition coefficient (Wildman–Crippen LogP) is 3.84. The second kappa shape index (κ2) is 11.7. The van der Waals surface area contributed by atoms with Gasteiger partial charge in [-0.3, -0.25) is 9.59 Å². The molecule has 47 heavy (non-hydrogen) atoms. The normalized spacial score (nSPS) is 19.0. The first-order chi connectivity index (χ1) is 22.5. The number of nitrogens with two attached hydrogens (primary N) is 2. The Morgan fingerprint density at radius 2 is 1.89 bits per heavy atom. The van der Waals surface area contributed by atoms with E-state index < -0.39 is 30.0 Å². The number of aliphatic hydroxyl groups excluding tert-OH is 1. The maximum absolute atomic E-state index is 14.9. The zero-order valence-electron chi connectivity index (χ0n) is 26.0. The number of fused-ring (bicyclic) bond motifs is 2. The summed E-state index contributed by atoms with van der Waals surface area (Å²) in [7, 11) is 3.42. The third kappa shape index (κ3) is 5.59. The van der Waals surface area contributed by atoms with Crippen molar-refractivity contribution in [2.75, 3.05) is 20.2 Å². The Balaban J connectivity index is 1.31. The minimum Gasteiger partial charge on any atom is -0.494 e. The van der Waals surface area contributed by atoms with Crippen LogP contribution in [0.1, 0.15) is 41.3 Å². The summed E-state index contributed by atoms with van der Waals surface area (Å²) in [4.78, 5) is 36.2. The number of imidazole rings is 1. The highest BCUT2D eigenvalue weighted by Crippen LogP contribution is 2.38. The van der Waals surface area contributed by atoms with Crippen molar-refractivity contribution in [3.8, 4) is 28.5 Å². The molecule has 1 aliphatic heterocycles. The number of carbonyl (C=O) groups is 2. The van der Waals surface area contributed by atoms with Gasteiger partial charge in [-0.15, -0.1) is 0 Å². The molecule has 5 aromatic rings. The number of methoxy groups -OCH3 is 1. The lowest BCUT2D eigenvalue weighted by Crippen LogP contribution is -2.50. The predicted molar refractivity (Wildman–Crippen MR) is 172 cm³/mol. The fraction of sp³-hybridized carbons (Fsp3) is 0.353. The van der Waals surface area contributed by atoms with Crippen LogP contribution in [0.4, 0.5) is 8.78 Å². The number of likely N-dealkylation sites (tertiary alicyclic amines) is 1. The number of hydrogen-bond donors (Lipinski definition) is 3. The molecular weight excluding hydrogens is 608 g/mol. The number of hydrogen-bond acceptors (Lipinski definition) is 7. The molecule has 1 saturated heterocycles. The zero-order valence-corrected chi connectivity index (χ0v) is 26.0. The van der Waals surface area contributed by atoms with E-state index in [9.17, 15) is 23.5 Å². The van der Waals surface area contributed by atoms with Gasteiger partial charge >= 0.3 is 0 Å². The molecule has 13 heteroatoms. The van der Waals surface area contributed by atoms with E-state index in [1.807, 2.05) is 23.7 Å². The first-order valence-electron chi connectivity index (χ1n) is 15.5. The van der Waals surface area contributed by atoms with Gasteiger partial charge in [0.1, 0.15) is 28.9 Å². The van der Waals surface area contributed by atoms with Gasteiger partial charge in [0, 0.05) is 48.3 Å². The highest BCUT2D eigenvalue weighted by atomic mass is 19.1. The molecule has 3 aromatic heterocycles. The summed E-state index contributed by atoms with van der Waals surface area (Å²) in [5.74, 6) is -0.548. The number of aliphatic hydroxyl groups is 1. The number of aryl methyl sites for hydroxylation is 1. The van der Waals surface area contributed by atoms with E-state index in [2.05, 4.69) is 4.57 Å². The summed E-state index contributed by atoms with van der Waals surface area (Å²) in [6.45, 7) is 0.968. The van der Waals surface area contributed by atoms with E-state index in [1.54, 1.807) is 24.3 Å². The van der Waals surface area contributed by atoms with Gasteiger partial charge in [-0.2, -0.15) is 0 Å². The molecule has 11 nitrogen and oxygen atoms in total. The van der Waals surface area contributed by atoms with Gasteiger partial charge in [-0.25, -0.2) is 18.7 Å². The number of nitrogens with zero attached hydrogens (tertiary/aromatic N) is 5. The Morgan fingerprint density at radius 1 is 1.11 bits per heavy atom. The van der Waals surface area contributed by atoms with Gasteiger partial charge < -0.3 is 35.3 Å². The number of amides is 2. The number of halogens is 2. The van der Waals surface area contributed by atoms with Crippen LogP contribution in [-0.4, -0.2) is 73.3 Å². The smallest absolute Gasteiger partial charge is 0.254 e. The van der Waals surface area contributed by atoms with Crippen molar-refractivity contribution >= 4 is 33.9 Å². The zero-order chi connectivity index (χ0) is 33.1. The van der Waals surface area contributed by atoms with Crippen LogP contribution in [0, 0.1) is 11.7 Å². The minimum absolute atomic E-state index is 0.0112. The summed E-state index contributed by atoms with van der Waals surface area (Å²) in [5.41, 5.74) is 15.1. The van der Waals surface area contributed by atoms with E-state index in [4.69, 9.17) is 26.2 Å². The third-order valence-electron chi connectivity index (χ3n) is 9.09. The van der Waals surface area contributed by atoms with Crippen LogP contribution < -0.4 is 16.2 Å². The molecule has 1 aliphatic carbocycles. The molecule has 7 rings (SSSR count). The Kier molecular flexibility index (Phi) is 7.68. The van der Waals surface area contributed by atoms with Crippen molar-refractivity contribution in [1.29, 1.82) is 0 Å². The molecule has 2 amide bonds. The average Bonchev–Trinajstić information content (AvgIpc) is 3.72. The van der Waals surface area contributed by atoms with Crippen LogP contribution >= 0.6 is 0 Å². The van der Waals surface area contributed by atoms with Crippen LogP contribution in [0.25, 0.3) is 44.8 Å². The average molecular weight is 644 g/mol. The van der Waals surface area contributed by atoms with Crippen molar-refractivity contribution < 1.29 is 28.2 Å². The molecule has 5 N–H and O–H groups in total. The van der Waals surface area contributed by atoms with Crippen LogP contribution in [-0.2, 0) is 18.4 Å². The molecular formula is C34H35F2N7O4. The third-order valence-corrected chi connectivity index (χ3v) is 9.09. The lowest BCUT2D eigenvalue weighted by atomic mass is 10.0. The topological polar surface area (TPSA) is 155 Å². The number of carbonyl (C=O) groups excluding carboxylic acids is 2. The molecule has 0 bridgehead atoms.